The van der Waals surface area contributed by atoms with E-state index in [1.54, 1.807) is 0 Å². The average Bonchev–Trinajstić information content (AvgIpc) is 3.01. The zero-order valence-corrected chi connectivity index (χ0v) is 9.88. The molecule has 0 amide bonds. The monoisotopic (exact) mass is 214 g/mol. The average molecular weight is 214 g/mol. The smallest absolute Gasteiger partial charge is 0.102 e. The number of nitrogens with zero attached hydrogens (tertiary/aromatic N) is 1. The van der Waals surface area contributed by atoms with Crippen molar-refractivity contribution in [2.45, 2.75) is 38.8 Å². The fraction of sp³-hybridized carbons (Fsp3) is 1.00. The Labute approximate surface area is 92.2 Å². The van der Waals surface area contributed by atoms with Crippen molar-refractivity contribution in [2.75, 3.05) is 26.3 Å². The van der Waals surface area contributed by atoms with E-state index in [4.69, 9.17) is 0 Å². The maximum absolute atomic E-state index is 12.5. The third-order valence-electron chi connectivity index (χ3n) is 3.83. The maximum Gasteiger partial charge on any atom is 0.102 e. The second kappa shape index (κ2) is 4.79. The van der Waals surface area contributed by atoms with E-state index in [1.165, 1.54) is 12.8 Å². The molecule has 0 aromatic heterocycles. The highest BCUT2D eigenvalue weighted by atomic mass is 19.1. The Balaban J connectivity index is 1.92. The minimum atomic E-state index is -0.200. The lowest BCUT2D eigenvalue weighted by molar-refractivity contribution is 0.0930. The van der Waals surface area contributed by atoms with Gasteiger partial charge in [0.2, 0.25) is 0 Å². The molecule has 2 unspecified atom stereocenters. The molecule has 1 aliphatic heterocycles. The van der Waals surface area contributed by atoms with Crippen LogP contribution in [0.25, 0.3) is 0 Å². The Hall–Kier alpha value is -0.150. The quantitative estimate of drug-likeness (QED) is 0.765. The molecule has 0 spiro atoms. The summed E-state index contributed by atoms with van der Waals surface area (Å²) < 4.78 is 12.5. The number of rotatable bonds is 4. The summed E-state index contributed by atoms with van der Waals surface area (Å²) in [5.74, 6) is 1.49. The number of halogens is 1. The first-order valence-corrected chi connectivity index (χ1v) is 6.25. The van der Waals surface area contributed by atoms with Crippen molar-refractivity contribution in [2.24, 2.45) is 11.8 Å². The predicted octanol–water partition coefficient (Wildman–Crippen LogP) is 1.66. The molecule has 0 aromatic carbocycles. The lowest BCUT2D eigenvalue weighted by Gasteiger charge is -2.41. The van der Waals surface area contributed by atoms with Gasteiger partial charge in [0, 0.05) is 31.7 Å². The standard InChI is InChI=1S/C12H23FN2/c1-9(2)11-8-15(6-5-13)12(7-14-11)10-3-4-10/h9-12,14H,3-8H2,1-2H3. The molecule has 1 saturated heterocycles. The topological polar surface area (TPSA) is 15.3 Å². The summed E-state index contributed by atoms with van der Waals surface area (Å²) in [6, 6.07) is 1.15. The first kappa shape index (κ1) is 11.3. The molecule has 0 radical (unpaired) electrons. The third kappa shape index (κ3) is 2.70. The highest BCUT2D eigenvalue weighted by molar-refractivity contribution is 4.95. The van der Waals surface area contributed by atoms with Gasteiger partial charge in [-0.25, -0.2) is 4.39 Å². The first-order chi connectivity index (χ1) is 7.22. The molecule has 3 heteroatoms. The van der Waals surface area contributed by atoms with Crippen LogP contribution < -0.4 is 5.32 Å². The normalized spacial score (nSPS) is 33.6. The minimum Gasteiger partial charge on any atom is -0.311 e. The summed E-state index contributed by atoms with van der Waals surface area (Å²) in [6.07, 6.45) is 2.70. The highest BCUT2D eigenvalue weighted by Gasteiger charge is 2.38. The van der Waals surface area contributed by atoms with Gasteiger partial charge in [0.25, 0.3) is 0 Å². The summed E-state index contributed by atoms with van der Waals surface area (Å²) in [5.41, 5.74) is 0. The van der Waals surface area contributed by atoms with Crippen LogP contribution in [0.1, 0.15) is 26.7 Å². The van der Waals surface area contributed by atoms with E-state index >= 15 is 0 Å². The molecule has 2 fully saturated rings. The van der Waals surface area contributed by atoms with Crippen LogP contribution in [0.2, 0.25) is 0 Å². The molecule has 2 rings (SSSR count). The second-order valence-corrected chi connectivity index (χ2v) is 5.35. The highest BCUT2D eigenvalue weighted by Crippen LogP contribution is 2.36. The van der Waals surface area contributed by atoms with Crippen molar-refractivity contribution < 1.29 is 4.39 Å². The number of hydrogen-bond donors (Lipinski definition) is 1. The molecule has 1 N–H and O–H groups in total. The van der Waals surface area contributed by atoms with Crippen molar-refractivity contribution in [1.82, 2.24) is 10.2 Å². The van der Waals surface area contributed by atoms with Crippen LogP contribution >= 0.6 is 0 Å². The molecule has 1 aliphatic carbocycles. The molecule has 2 nitrogen and oxygen atoms in total. The largest absolute Gasteiger partial charge is 0.311 e. The van der Waals surface area contributed by atoms with Crippen LogP contribution in [0, 0.1) is 11.8 Å². The van der Waals surface area contributed by atoms with Crippen LogP contribution in [-0.4, -0.2) is 43.3 Å². The van der Waals surface area contributed by atoms with Crippen molar-refractivity contribution in [3.8, 4) is 0 Å². The van der Waals surface area contributed by atoms with E-state index in [-0.39, 0.29) is 6.67 Å². The molecule has 0 aromatic rings. The zero-order valence-electron chi connectivity index (χ0n) is 9.88. The lowest BCUT2D eigenvalue weighted by atomic mass is 9.97. The van der Waals surface area contributed by atoms with Gasteiger partial charge in [0.15, 0.2) is 0 Å². The lowest BCUT2D eigenvalue weighted by Crippen LogP contribution is -2.59. The van der Waals surface area contributed by atoms with Gasteiger partial charge in [-0.2, -0.15) is 0 Å². The summed E-state index contributed by atoms with van der Waals surface area (Å²) in [5, 5.41) is 3.61. The van der Waals surface area contributed by atoms with E-state index < -0.39 is 0 Å². The Bertz CT molecular complexity index is 204. The van der Waals surface area contributed by atoms with Gasteiger partial charge in [-0.1, -0.05) is 13.8 Å². The van der Waals surface area contributed by atoms with E-state index in [2.05, 4.69) is 24.1 Å². The molecule has 88 valence electrons. The van der Waals surface area contributed by atoms with Gasteiger partial charge >= 0.3 is 0 Å². The fourth-order valence-electron chi connectivity index (χ4n) is 2.61. The molecule has 2 atom stereocenters. The summed E-state index contributed by atoms with van der Waals surface area (Å²) in [6.45, 7) is 7.00. The van der Waals surface area contributed by atoms with Gasteiger partial charge in [-0.05, 0) is 24.7 Å². The maximum atomic E-state index is 12.5. The third-order valence-corrected chi connectivity index (χ3v) is 3.83. The van der Waals surface area contributed by atoms with Crippen molar-refractivity contribution in [3.63, 3.8) is 0 Å². The molecule has 2 aliphatic rings. The van der Waals surface area contributed by atoms with Crippen molar-refractivity contribution in [3.05, 3.63) is 0 Å². The molecule has 0 bridgehead atoms. The van der Waals surface area contributed by atoms with Crippen LogP contribution in [0.5, 0.6) is 0 Å². The van der Waals surface area contributed by atoms with Crippen LogP contribution in [0.15, 0.2) is 0 Å². The Morgan fingerprint density at radius 3 is 2.67 bits per heavy atom. The fourth-order valence-corrected chi connectivity index (χ4v) is 2.61. The Morgan fingerprint density at radius 1 is 1.40 bits per heavy atom. The van der Waals surface area contributed by atoms with E-state index in [1.807, 2.05) is 0 Å². The SMILES string of the molecule is CC(C)C1CN(CCF)C(C2CC2)CN1. The predicted molar refractivity (Wildman–Crippen MR) is 60.7 cm³/mol. The van der Waals surface area contributed by atoms with E-state index in [0.717, 1.165) is 19.0 Å². The molecular formula is C12H23FN2. The van der Waals surface area contributed by atoms with Crippen LogP contribution in [0.3, 0.4) is 0 Å². The first-order valence-electron chi connectivity index (χ1n) is 6.25. The summed E-state index contributed by atoms with van der Waals surface area (Å²) in [7, 11) is 0. The van der Waals surface area contributed by atoms with Gasteiger partial charge in [-0.3, -0.25) is 4.90 Å². The number of alkyl halides is 1. The van der Waals surface area contributed by atoms with E-state index in [9.17, 15) is 4.39 Å². The number of piperazine rings is 1. The van der Waals surface area contributed by atoms with Gasteiger partial charge in [0.1, 0.15) is 6.67 Å². The van der Waals surface area contributed by atoms with Gasteiger partial charge in [-0.15, -0.1) is 0 Å². The van der Waals surface area contributed by atoms with Gasteiger partial charge in [0.05, 0.1) is 0 Å². The Morgan fingerprint density at radius 2 is 2.13 bits per heavy atom. The molecule has 1 saturated carbocycles. The van der Waals surface area contributed by atoms with E-state index in [0.29, 0.717) is 24.5 Å². The zero-order chi connectivity index (χ0) is 10.8. The number of nitrogens with one attached hydrogen (secondary N) is 1. The second-order valence-electron chi connectivity index (χ2n) is 5.35. The van der Waals surface area contributed by atoms with Crippen LogP contribution in [0.4, 0.5) is 4.39 Å². The van der Waals surface area contributed by atoms with Crippen molar-refractivity contribution in [1.29, 1.82) is 0 Å². The Kier molecular flexibility index (Phi) is 3.62. The summed E-state index contributed by atoms with van der Waals surface area (Å²) in [4.78, 5) is 2.37. The van der Waals surface area contributed by atoms with Crippen LogP contribution in [-0.2, 0) is 0 Å². The molecular weight excluding hydrogens is 191 g/mol. The number of hydrogen-bond acceptors (Lipinski definition) is 2. The summed E-state index contributed by atoms with van der Waals surface area (Å²) >= 11 is 0. The molecule has 15 heavy (non-hydrogen) atoms. The van der Waals surface area contributed by atoms with Crippen molar-refractivity contribution >= 4 is 0 Å². The van der Waals surface area contributed by atoms with Gasteiger partial charge < -0.3 is 5.32 Å². The molecule has 1 heterocycles. The minimum absolute atomic E-state index is 0.200.